The van der Waals surface area contributed by atoms with Gasteiger partial charge >= 0.3 is 0 Å². The van der Waals surface area contributed by atoms with E-state index in [1.807, 2.05) is 30.3 Å². The number of methoxy groups -OCH3 is 2. The summed E-state index contributed by atoms with van der Waals surface area (Å²) < 4.78 is 16.2. The number of rotatable bonds is 8. The molecule has 0 aliphatic heterocycles. The fourth-order valence-electron chi connectivity index (χ4n) is 2.90. The van der Waals surface area contributed by atoms with Crippen LogP contribution in [0.5, 0.6) is 17.2 Å². The van der Waals surface area contributed by atoms with Crippen LogP contribution in [-0.2, 0) is 12.0 Å². The van der Waals surface area contributed by atoms with Gasteiger partial charge in [-0.15, -0.1) is 10.2 Å². The summed E-state index contributed by atoms with van der Waals surface area (Å²) in [4.78, 5) is 1.35. The molecule has 0 aliphatic rings. The highest BCUT2D eigenvalue weighted by Crippen LogP contribution is 2.30. The highest BCUT2D eigenvalue weighted by molar-refractivity contribution is 5.60. The molecule has 2 aromatic carbocycles. The largest absolute Gasteiger partial charge is 0.493 e. The van der Waals surface area contributed by atoms with Crippen molar-refractivity contribution in [2.24, 2.45) is 0 Å². The lowest BCUT2D eigenvalue weighted by molar-refractivity contribution is 0.0850. The van der Waals surface area contributed by atoms with Crippen LogP contribution in [0.4, 0.5) is 0 Å². The van der Waals surface area contributed by atoms with Gasteiger partial charge in [0.1, 0.15) is 18.5 Å². The number of tetrazole rings is 1. The maximum absolute atomic E-state index is 10.3. The Bertz CT molecular complexity index is 964. The van der Waals surface area contributed by atoms with Gasteiger partial charge in [0.25, 0.3) is 0 Å². The number of aliphatic hydroxyl groups excluding tert-OH is 1. The predicted molar refractivity (Wildman–Crippen MR) is 113 cm³/mol. The van der Waals surface area contributed by atoms with E-state index < -0.39 is 6.10 Å². The van der Waals surface area contributed by atoms with Crippen LogP contribution in [0, 0.1) is 0 Å². The number of benzene rings is 2. The van der Waals surface area contributed by atoms with E-state index in [1.165, 1.54) is 10.4 Å². The van der Waals surface area contributed by atoms with Crippen molar-refractivity contribution in [3.8, 4) is 28.6 Å². The number of hydrogen-bond donors (Lipinski definition) is 1. The van der Waals surface area contributed by atoms with Crippen LogP contribution in [0.15, 0.2) is 42.5 Å². The minimum atomic E-state index is -0.778. The van der Waals surface area contributed by atoms with E-state index in [-0.39, 0.29) is 18.6 Å². The van der Waals surface area contributed by atoms with Crippen molar-refractivity contribution in [3.05, 3.63) is 48.0 Å². The van der Waals surface area contributed by atoms with Crippen LogP contribution in [0.2, 0.25) is 0 Å². The maximum atomic E-state index is 10.3. The van der Waals surface area contributed by atoms with Crippen molar-refractivity contribution in [2.45, 2.75) is 38.8 Å². The minimum absolute atomic E-state index is 0.0857. The standard InChI is InChI=1S/C22H28N4O4/c1-22(2,3)16-7-9-18(10-8-16)30-14-17(27)13-26-24-21(23-25-26)15-6-11-19(28-4)20(12-15)29-5/h6-12,17,27H,13-14H2,1-5H3/t17-/m1/s1. The first-order valence-corrected chi connectivity index (χ1v) is 9.72. The highest BCUT2D eigenvalue weighted by atomic mass is 16.5. The van der Waals surface area contributed by atoms with E-state index in [9.17, 15) is 5.11 Å². The van der Waals surface area contributed by atoms with Gasteiger partial charge in [-0.3, -0.25) is 0 Å². The summed E-state index contributed by atoms with van der Waals surface area (Å²) in [6.45, 7) is 6.78. The molecule has 1 heterocycles. The highest BCUT2D eigenvalue weighted by Gasteiger charge is 2.15. The van der Waals surface area contributed by atoms with Crippen molar-refractivity contribution in [1.82, 2.24) is 20.2 Å². The van der Waals surface area contributed by atoms with Crippen LogP contribution in [0.1, 0.15) is 26.3 Å². The molecule has 0 spiro atoms. The van der Waals surface area contributed by atoms with Gasteiger partial charge in [-0.05, 0) is 46.5 Å². The summed E-state index contributed by atoms with van der Waals surface area (Å²) in [6, 6.07) is 13.3. The van der Waals surface area contributed by atoms with Crippen molar-refractivity contribution >= 4 is 0 Å². The zero-order chi connectivity index (χ0) is 21.7. The number of aromatic nitrogens is 4. The van der Waals surface area contributed by atoms with Gasteiger partial charge in [0.15, 0.2) is 11.5 Å². The molecular formula is C22H28N4O4. The third-order valence-corrected chi connectivity index (χ3v) is 4.63. The summed E-state index contributed by atoms with van der Waals surface area (Å²) in [5.74, 6) is 2.34. The maximum Gasteiger partial charge on any atom is 0.205 e. The van der Waals surface area contributed by atoms with Crippen molar-refractivity contribution in [2.75, 3.05) is 20.8 Å². The van der Waals surface area contributed by atoms with E-state index >= 15 is 0 Å². The second-order valence-electron chi connectivity index (χ2n) is 7.98. The second-order valence-corrected chi connectivity index (χ2v) is 7.98. The molecule has 0 saturated carbocycles. The van der Waals surface area contributed by atoms with Crippen LogP contribution in [0.3, 0.4) is 0 Å². The lowest BCUT2D eigenvalue weighted by Gasteiger charge is -2.19. The van der Waals surface area contributed by atoms with Gasteiger partial charge in [0.05, 0.1) is 20.8 Å². The zero-order valence-corrected chi connectivity index (χ0v) is 18.0. The smallest absolute Gasteiger partial charge is 0.205 e. The first kappa shape index (κ1) is 21.6. The van der Waals surface area contributed by atoms with Crippen LogP contribution >= 0.6 is 0 Å². The van der Waals surface area contributed by atoms with Gasteiger partial charge in [-0.25, -0.2) is 0 Å². The average molecular weight is 412 g/mol. The number of hydrogen-bond acceptors (Lipinski definition) is 7. The molecule has 1 atom stereocenters. The van der Waals surface area contributed by atoms with Crippen LogP contribution < -0.4 is 14.2 Å². The van der Waals surface area contributed by atoms with Crippen molar-refractivity contribution < 1.29 is 19.3 Å². The molecule has 1 aromatic heterocycles. The summed E-state index contributed by atoms with van der Waals surface area (Å²) in [6.07, 6.45) is -0.778. The van der Waals surface area contributed by atoms with Gasteiger partial charge in [0, 0.05) is 5.56 Å². The van der Waals surface area contributed by atoms with Gasteiger partial charge in [-0.2, -0.15) is 4.80 Å². The fraction of sp³-hybridized carbons (Fsp3) is 0.409. The Morgan fingerprint density at radius 2 is 1.70 bits per heavy atom. The SMILES string of the molecule is COc1ccc(-c2nnn(C[C@@H](O)COc3ccc(C(C)(C)C)cc3)n2)cc1OC. The summed E-state index contributed by atoms with van der Waals surface area (Å²) in [5, 5.41) is 22.7. The third kappa shape index (κ3) is 5.27. The van der Waals surface area contributed by atoms with Crippen LogP contribution in [0.25, 0.3) is 11.4 Å². The van der Waals surface area contributed by atoms with Gasteiger partial charge in [0.2, 0.25) is 5.82 Å². The molecule has 1 N–H and O–H groups in total. The molecular weight excluding hydrogens is 384 g/mol. The van der Waals surface area contributed by atoms with E-state index in [0.29, 0.717) is 23.1 Å². The molecule has 3 rings (SSSR count). The topological polar surface area (TPSA) is 91.5 Å². The Labute approximate surface area is 176 Å². The molecule has 0 amide bonds. The number of aliphatic hydroxyl groups is 1. The lowest BCUT2D eigenvalue weighted by Crippen LogP contribution is -2.25. The van der Waals surface area contributed by atoms with E-state index in [0.717, 1.165) is 5.56 Å². The Morgan fingerprint density at radius 3 is 2.33 bits per heavy atom. The Morgan fingerprint density at radius 1 is 1.00 bits per heavy atom. The molecule has 0 bridgehead atoms. The van der Waals surface area contributed by atoms with Gasteiger partial charge < -0.3 is 19.3 Å². The molecule has 8 heteroatoms. The quantitative estimate of drug-likeness (QED) is 0.608. The molecule has 30 heavy (non-hydrogen) atoms. The second kappa shape index (κ2) is 9.13. The normalized spacial score (nSPS) is 12.5. The minimum Gasteiger partial charge on any atom is -0.493 e. The van der Waals surface area contributed by atoms with E-state index in [4.69, 9.17) is 14.2 Å². The first-order chi connectivity index (χ1) is 14.3. The zero-order valence-electron chi connectivity index (χ0n) is 18.0. The van der Waals surface area contributed by atoms with E-state index in [1.54, 1.807) is 26.4 Å². The molecule has 160 valence electrons. The molecule has 0 radical (unpaired) electrons. The average Bonchev–Trinajstić information content (AvgIpc) is 3.19. The van der Waals surface area contributed by atoms with Crippen molar-refractivity contribution in [1.29, 1.82) is 0 Å². The predicted octanol–water partition coefficient (Wildman–Crippen LogP) is 3.09. The number of ether oxygens (including phenoxy) is 3. The molecule has 0 saturated heterocycles. The molecule has 0 fully saturated rings. The summed E-state index contributed by atoms with van der Waals surface area (Å²) in [7, 11) is 3.15. The fourth-order valence-corrected chi connectivity index (χ4v) is 2.90. The number of nitrogens with zero attached hydrogens (tertiary/aromatic N) is 4. The lowest BCUT2D eigenvalue weighted by atomic mass is 9.87. The molecule has 0 aliphatic carbocycles. The third-order valence-electron chi connectivity index (χ3n) is 4.63. The molecule has 0 unspecified atom stereocenters. The van der Waals surface area contributed by atoms with Crippen LogP contribution in [-0.4, -0.2) is 52.2 Å². The Balaban J connectivity index is 1.58. The first-order valence-electron chi connectivity index (χ1n) is 9.72. The molecule has 8 nitrogen and oxygen atoms in total. The summed E-state index contributed by atoms with van der Waals surface area (Å²) in [5.41, 5.74) is 2.05. The van der Waals surface area contributed by atoms with E-state index in [2.05, 4.69) is 36.2 Å². The Kier molecular flexibility index (Phi) is 6.56. The molecule has 3 aromatic rings. The van der Waals surface area contributed by atoms with Crippen molar-refractivity contribution in [3.63, 3.8) is 0 Å². The van der Waals surface area contributed by atoms with Gasteiger partial charge in [-0.1, -0.05) is 32.9 Å². The monoisotopic (exact) mass is 412 g/mol. The summed E-state index contributed by atoms with van der Waals surface area (Å²) >= 11 is 0. The Hall–Kier alpha value is -3.13.